The number of nitrogen functional groups attached to an aromatic ring is 1. The van der Waals surface area contributed by atoms with Gasteiger partial charge in [0.15, 0.2) is 0 Å². The Bertz CT molecular complexity index is 433. The zero-order valence-corrected chi connectivity index (χ0v) is 8.27. The summed E-state index contributed by atoms with van der Waals surface area (Å²) in [5.74, 6) is 0.909. The first-order chi connectivity index (χ1) is 7.24. The average Bonchev–Trinajstić information content (AvgIpc) is 2.64. The van der Waals surface area contributed by atoms with Crippen LogP contribution in [0.5, 0.6) is 5.88 Å². The van der Waals surface area contributed by atoms with Gasteiger partial charge < -0.3 is 15.8 Å². The van der Waals surface area contributed by atoms with Crippen LogP contribution in [0.1, 0.15) is 11.4 Å². The molecule has 0 amide bonds. The zero-order chi connectivity index (χ0) is 10.7. The van der Waals surface area contributed by atoms with Crippen molar-refractivity contribution in [3.8, 4) is 5.88 Å². The number of aromatic hydroxyl groups is 1. The summed E-state index contributed by atoms with van der Waals surface area (Å²) in [6, 6.07) is 7.76. The number of nitrogens with two attached hydrogens (primary N) is 1. The number of rotatable bonds is 3. The molecule has 0 bridgehead atoms. The summed E-state index contributed by atoms with van der Waals surface area (Å²) < 4.78 is 0. The lowest BCUT2D eigenvalue weighted by atomic mass is 10.1. The van der Waals surface area contributed by atoms with Crippen molar-refractivity contribution in [2.75, 3.05) is 5.73 Å². The van der Waals surface area contributed by atoms with Crippen LogP contribution in [0, 0.1) is 0 Å². The Morgan fingerprint density at radius 2 is 1.93 bits per heavy atom. The third kappa shape index (κ3) is 2.49. The molecule has 4 heteroatoms. The smallest absolute Gasteiger partial charge is 0.208 e. The third-order valence-corrected chi connectivity index (χ3v) is 2.25. The quantitative estimate of drug-likeness (QED) is 0.661. The largest absolute Gasteiger partial charge is 0.493 e. The van der Waals surface area contributed by atoms with E-state index in [1.165, 1.54) is 11.8 Å². The second-order valence-electron chi connectivity index (χ2n) is 3.46. The normalized spacial score (nSPS) is 10.4. The predicted octanol–water partition coefficient (Wildman–Crippen LogP) is 1.48. The summed E-state index contributed by atoms with van der Waals surface area (Å²) in [4.78, 5) is 6.80. The van der Waals surface area contributed by atoms with Gasteiger partial charge in [-0.1, -0.05) is 12.1 Å². The number of anilines is 1. The van der Waals surface area contributed by atoms with Gasteiger partial charge in [-0.05, 0) is 24.1 Å². The van der Waals surface area contributed by atoms with E-state index in [4.69, 9.17) is 10.8 Å². The molecular weight excluding hydrogens is 190 g/mol. The maximum Gasteiger partial charge on any atom is 0.208 e. The number of nitrogens with one attached hydrogen (secondary N) is 1. The Balaban J connectivity index is 1.96. The maximum absolute atomic E-state index is 9.05. The van der Waals surface area contributed by atoms with Crippen molar-refractivity contribution in [1.29, 1.82) is 0 Å². The molecule has 1 heterocycles. The van der Waals surface area contributed by atoms with E-state index in [1.807, 2.05) is 24.3 Å². The number of H-pyrrole nitrogens is 1. The van der Waals surface area contributed by atoms with Gasteiger partial charge in [-0.25, -0.2) is 4.98 Å². The van der Waals surface area contributed by atoms with Gasteiger partial charge in [0.2, 0.25) is 5.88 Å². The number of aromatic amines is 1. The molecule has 0 saturated heterocycles. The van der Waals surface area contributed by atoms with Gasteiger partial charge >= 0.3 is 0 Å². The van der Waals surface area contributed by atoms with E-state index >= 15 is 0 Å². The van der Waals surface area contributed by atoms with Crippen LogP contribution in [-0.4, -0.2) is 15.1 Å². The topological polar surface area (TPSA) is 74.9 Å². The summed E-state index contributed by atoms with van der Waals surface area (Å²) in [7, 11) is 0. The van der Waals surface area contributed by atoms with Gasteiger partial charge in [0, 0.05) is 12.1 Å². The van der Waals surface area contributed by atoms with Crippen molar-refractivity contribution >= 4 is 5.69 Å². The lowest BCUT2D eigenvalue weighted by Crippen LogP contribution is -1.93. The van der Waals surface area contributed by atoms with Crippen molar-refractivity contribution in [2.45, 2.75) is 12.8 Å². The summed E-state index contributed by atoms with van der Waals surface area (Å²) in [6.45, 7) is 0. The molecule has 0 aliphatic carbocycles. The fraction of sp³-hybridized carbons (Fsp3) is 0.182. The second-order valence-corrected chi connectivity index (χ2v) is 3.46. The van der Waals surface area contributed by atoms with Gasteiger partial charge in [-0.3, -0.25) is 0 Å². The summed E-state index contributed by atoms with van der Waals surface area (Å²) in [5.41, 5.74) is 7.57. The lowest BCUT2D eigenvalue weighted by Gasteiger charge is -1.99. The minimum atomic E-state index is 0.113. The highest BCUT2D eigenvalue weighted by Crippen LogP contribution is 2.09. The van der Waals surface area contributed by atoms with Gasteiger partial charge in [0.1, 0.15) is 5.82 Å². The first kappa shape index (κ1) is 9.58. The van der Waals surface area contributed by atoms with Crippen LogP contribution in [0.25, 0.3) is 0 Å². The molecular formula is C11H13N3O. The Morgan fingerprint density at radius 1 is 1.20 bits per heavy atom. The highest BCUT2D eigenvalue weighted by molar-refractivity contribution is 5.39. The van der Waals surface area contributed by atoms with Crippen LogP contribution >= 0.6 is 0 Å². The molecule has 1 aromatic carbocycles. The molecule has 78 valence electrons. The van der Waals surface area contributed by atoms with Gasteiger partial charge in [0.25, 0.3) is 0 Å². The Labute approximate surface area is 87.8 Å². The van der Waals surface area contributed by atoms with E-state index in [0.29, 0.717) is 0 Å². The van der Waals surface area contributed by atoms with Gasteiger partial charge in [-0.15, -0.1) is 0 Å². The molecule has 2 rings (SSSR count). The molecule has 0 saturated carbocycles. The molecule has 4 nitrogen and oxygen atoms in total. The number of imidazole rings is 1. The summed E-state index contributed by atoms with van der Waals surface area (Å²) in [5, 5.41) is 9.05. The summed E-state index contributed by atoms with van der Waals surface area (Å²) >= 11 is 0. The maximum atomic E-state index is 9.05. The molecule has 0 fully saturated rings. The zero-order valence-electron chi connectivity index (χ0n) is 8.27. The second kappa shape index (κ2) is 4.04. The minimum Gasteiger partial charge on any atom is -0.493 e. The van der Waals surface area contributed by atoms with E-state index in [0.717, 1.165) is 24.4 Å². The molecule has 0 radical (unpaired) electrons. The fourth-order valence-electron chi connectivity index (χ4n) is 1.43. The number of hydrogen-bond acceptors (Lipinski definition) is 3. The van der Waals surface area contributed by atoms with Crippen LogP contribution in [-0.2, 0) is 12.8 Å². The van der Waals surface area contributed by atoms with Crippen LogP contribution in [0.2, 0.25) is 0 Å². The van der Waals surface area contributed by atoms with Crippen LogP contribution < -0.4 is 5.73 Å². The first-order valence-electron chi connectivity index (χ1n) is 4.81. The van der Waals surface area contributed by atoms with E-state index in [9.17, 15) is 0 Å². The van der Waals surface area contributed by atoms with Crippen molar-refractivity contribution in [1.82, 2.24) is 9.97 Å². The standard InChI is InChI=1S/C11H13N3O/c12-9-4-1-8(2-5-9)3-6-10-13-7-11(15)14-10/h1-2,4-5,7,15H,3,6,12H2,(H,13,14). The molecule has 0 atom stereocenters. The highest BCUT2D eigenvalue weighted by atomic mass is 16.3. The number of aromatic nitrogens is 2. The van der Waals surface area contributed by atoms with Crippen LogP contribution in [0.4, 0.5) is 5.69 Å². The number of aryl methyl sites for hydroxylation is 2. The average molecular weight is 203 g/mol. The Hall–Kier alpha value is -1.97. The highest BCUT2D eigenvalue weighted by Gasteiger charge is 1.99. The molecule has 0 aliphatic heterocycles. The molecule has 4 N–H and O–H groups in total. The number of benzene rings is 1. The Kier molecular flexibility index (Phi) is 2.58. The lowest BCUT2D eigenvalue weighted by molar-refractivity contribution is 0.455. The number of nitrogens with zero attached hydrogens (tertiary/aromatic N) is 1. The van der Waals surface area contributed by atoms with Crippen molar-refractivity contribution in [2.24, 2.45) is 0 Å². The van der Waals surface area contributed by atoms with E-state index < -0.39 is 0 Å². The third-order valence-electron chi connectivity index (χ3n) is 2.25. The SMILES string of the molecule is Nc1ccc(CCc2ncc(O)[nH]2)cc1. The van der Waals surface area contributed by atoms with Crippen molar-refractivity contribution < 1.29 is 5.11 Å². The van der Waals surface area contributed by atoms with Crippen molar-refractivity contribution in [3.63, 3.8) is 0 Å². The monoisotopic (exact) mass is 203 g/mol. The molecule has 2 aromatic rings. The molecule has 1 aromatic heterocycles. The van der Waals surface area contributed by atoms with Crippen LogP contribution in [0.15, 0.2) is 30.5 Å². The van der Waals surface area contributed by atoms with E-state index in [-0.39, 0.29) is 5.88 Å². The predicted molar refractivity (Wildman–Crippen MR) is 58.5 cm³/mol. The van der Waals surface area contributed by atoms with Gasteiger partial charge in [-0.2, -0.15) is 0 Å². The number of hydrogen-bond donors (Lipinski definition) is 3. The van der Waals surface area contributed by atoms with Crippen molar-refractivity contribution in [3.05, 3.63) is 41.9 Å². The van der Waals surface area contributed by atoms with E-state index in [2.05, 4.69) is 9.97 Å². The first-order valence-corrected chi connectivity index (χ1v) is 4.81. The Morgan fingerprint density at radius 3 is 2.53 bits per heavy atom. The molecule has 0 unspecified atom stereocenters. The summed E-state index contributed by atoms with van der Waals surface area (Å²) in [6.07, 6.45) is 3.08. The molecule has 15 heavy (non-hydrogen) atoms. The molecule has 0 aliphatic rings. The van der Waals surface area contributed by atoms with Crippen LogP contribution in [0.3, 0.4) is 0 Å². The minimum absolute atomic E-state index is 0.113. The fourth-order valence-corrected chi connectivity index (χ4v) is 1.43. The van der Waals surface area contributed by atoms with E-state index in [1.54, 1.807) is 0 Å². The molecule has 0 spiro atoms. The van der Waals surface area contributed by atoms with Gasteiger partial charge in [0.05, 0.1) is 6.20 Å².